The van der Waals surface area contributed by atoms with Crippen molar-refractivity contribution in [3.8, 4) is 5.75 Å². The molecule has 0 aliphatic carbocycles. The van der Waals surface area contributed by atoms with Crippen molar-refractivity contribution in [3.05, 3.63) is 66.2 Å². The zero-order valence-electron chi connectivity index (χ0n) is 17.5. The lowest BCUT2D eigenvalue weighted by Crippen LogP contribution is -2.25. The van der Waals surface area contributed by atoms with Crippen molar-refractivity contribution >= 4 is 23.2 Å². The number of rotatable bonds is 12. The molecule has 160 valence electrons. The van der Waals surface area contributed by atoms with Crippen molar-refractivity contribution in [2.24, 2.45) is 0 Å². The minimum atomic E-state index is -0.234. The molecule has 0 radical (unpaired) electrons. The van der Waals surface area contributed by atoms with Crippen LogP contribution in [0.1, 0.15) is 23.7 Å². The quantitative estimate of drug-likeness (QED) is 0.368. The Hall–Kier alpha value is -3.32. The summed E-state index contributed by atoms with van der Waals surface area (Å²) in [4.78, 5) is 24.6. The van der Waals surface area contributed by atoms with Crippen LogP contribution in [-0.2, 0) is 9.53 Å². The number of carbonyl (C=O) groups is 2. The smallest absolute Gasteiger partial charge is 0.251 e. The van der Waals surface area contributed by atoms with Gasteiger partial charge in [-0.1, -0.05) is 24.8 Å². The highest BCUT2D eigenvalue weighted by molar-refractivity contribution is 5.98. The Labute approximate surface area is 177 Å². The number of nitrogens with one attached hydrogen (secondary N) is 3. The van der Waals surface area contributed by atoms with Gasteiger partial charge in [-0.2, -0.15) is 0 Å². The molecule has 0 unspecified atom stereocenters. The fraction of sp³-hybridized carbons (Fsp3) is 0.304. The highest BCUT2D eigenvalue weighted by Crippen LogP contribution is 2.24. The second-order valence-corrected chi connectivity index (χ2v) is 6.83. The third-order valence-electron chi connectivity index (χ3n) is 4.02. The number of benzene rings is 2. The van der Waals surface area contributed by atoms with Gasteiger partial charge in [0, 0.05) is 31.5 Å². The zero-order chi connectivity index (χ0) is 21.8. The minimum Gasteiger partial charge on any atom is -0.487 e. The van der Waals surface area contributed by atoms with E-state index >= 15 is 0 Å². The van der Waals surface area contributed by atoms with Gasteiger partial charge in [-0.3, -0.25) is 9.59 Å². The van der Waals surface area contributed by atoms with E-state index in [9.17, 15) is 9.59 Å². The van der Waals surface area contributed by atoms with E-state index in [-0.39, 0.29) is 18.4 Å². The molecule has 2 rings (SSSR count). The van der Waals surface area contributed by atoms with Gasteiger partial charge in [-0.15, -0.1) is 0 Å². The number of hydrogen-bond donors (Lipinski definition) is 3. The summed E-state index contributed by atoms with van der Waals surface area (Å²) in [5.74, 6) is 0.228. The van der Waals surface area contributed by atoms with Crippen LogP contribution in [0, 0.1) is 0 Å². The molecule has 0 aliphatic heterocycles. The molecule has 2 aromatic rings. The largest absolute Gasteiger partial charge is 0.487 e. The lowest BCUT2D eigenvalue weighted by atomic mass is 10.2. The van der Waals surface area contributed by atoms with Crippen LogP contribution in [0.25, 0.3) is 0 Å². The third-order valence-corrected chi connectivity index (χ3v) is 4.02. The van der Waals surface area contributed by atoms with Gasteiger partial charge in [0.1, 0.15) is 12.4 Å². The molecule has 0 heterocycles. The summed E-state index contributed by atoms with van der Waals surface area (Å²) >= 11 is 0. The molecule has 0 spiro atoms. The first-order chi connectivity index (χ1) is 14.5. The molecule has 3 N–H and O–H groups in total. The lowest BCUT2D eigenvalue weighted by molar-refractivity contribution is -0.114. The molecule has 7 heteroatoms. The highest BCUT2D eigenvalue weighted by atomic mass is 16.5. The Morgan fingerprint density at radius 1 is 1.10 bits per heavy atom. The average Bonchev–Trinajstić information content (AvgIpc) is 2.74. The fourth-order valence-electron chi connectivity index (χ4n) is 2.58. The predicted molar refractivity (Wildman–Crippen MR) is 119 cm³/mol. The van der Waals surface area contributed by atoms with Gasteiger partial charge in [0.05, 0.1) is 12.2 Å². The fourth-order valence-corrected chi connectivity index (χ4v) is 2.58. The van der Waals surface area contributed by atoms with Crippen LogP contribution < -0.4 is 20.7 Å². The zero-order valence-corrected chi connectivity index (χ0v) is 17.5. The summed E-state index contributed by atoms with van der Waals surface area (Å²) in [5.41, 5.74) is 2.66. The van der Waals surface area contributed by atoms with Crippen LogP contribution in [0.2, 0.25) is 0 Å². The maximum atomic E-state index is 12.3. The second-order valence-electron chi connectivity index (χ2n) is 6.83. The summed E-state index contributed by atoms with van der Waals surface area (Å²) in [6, 6.07) is 14.2. The summed E-state index contributed by atoms with van der Waals surface area (Å²) in [6.07, 6.45) is 0.738. The van der Waals surface area contributed by atoms with Crippen molar-refractivity contribution in [2.45, 2.75) is 13.3 Å². The molecule has 0 saturated carbocycles. The Bertz CT molecular complexity index is 867. The van der Waals surface area contributed by atoms with Crippen molar-refractivity contribution in [1.82, 2.24) is 5.32 Å². The van der Waals surface area contributed by atoms with Gasteiger partial charge in [0.2, 0.25) is 5.91 Å². The number of para-hydroxylation sites is 2. The minimum absolute atomic E-state index is 0.0564. The molecule has 0 atom stereocenters. The number of ether oxygens (including phenoxy) is 2. The van der Waals surface area contributed by atoms with Crippen LogP contribution in [0.3, 0.4) is 0 Å². The van der Waals surface area contributed by atoms with Gasteiger partial charge in [-0.05, 0) is 49.2 Å². The van der Waals surface area contributed by atoms with Crippen LogP contribution in [0.5, 0.6) is 5.75 Å². The highest BCUT2D eigenvalue weighted by Gasteiger charge is 2.09. The molecule has 7 nitrogen and oxygen atoms in total. The topological polar surface area (TPSA) is 88.7 Å². The molecular weight excluding hydrogens is 382 g/mol. The Kier molecular flexibility index (Phi) is 9.40. The standard InChI is InChI=1S/C23H29N3O4/c1-17(2)16-30-21-11-5-4-10-20(21)25-15-22(27)26-19-9-6-8-18(14-19)23(28)24-12-7-13-29-3/h4-6,8-11,14,25H,1,7,12-13,15-16H2,2-3H3,(H,24,28)(H,26,27). The molecule has 0 aliphatic rings. The first-order valence-electron chi connectivity index (χ1n) is 9.76. The van der Waals surface area contributed by atoms with Crippen molar-refractivity contribution in [1.29, 1.82) is 0 Å². The Balaban J connectivity index is 1.88. The maximum Gasteiger partial charge on any atom is 0.251 e. The van der Waals surface area contributed by atoms with Gasteiger partial charge in [-0.25, -0.2) is 0 Å². The monoisotopic (exact) mass is 411 g/mol. The molecule has 2 aromatic carbocycles. The second kappa shape index (κ2) is 12.3. The van der Waals surface area contributed by atoms with E-state index in [0.29, 0.717) is 36.8 Å². The molecule has 0 bridgehead atoms. The van der Waals surface area contributed by atoms with E-state index in [1.807, 2.05) is 31.2 Å². The molecule has 2 amide bonds. The summed E-state index contributed by atoms with van der Waals surface area (Å²) in [7, 11) is 1.62. The number of hydrogen-bond acceptors (Lipinski definition) is 5. The number of amides is 2. The van der Waals surface area contributed by atoms with Gasteiger partial charge >= 0.3 is 0 Å². The summed E-state index contributed by atoms with van der Waals surface area (Å²) in [5, 5.41) is 8.70. The van der Waals surface area contributed by atoms with Gasteiger partial charge in [0.15, 0.2) is 0 Å². The number of methoxy groups -OCH3 is 1. The van der Waals surface area contributed by atoms with Crippen LogP contribution in [-0.4, -0.2) is 45.2 Å². The van der Waals surface area contributed by atoms with Gasteiger partial charge < -0.3 is 25.4 Å². The first kappa shape index (κ1) is 23.0. The summed E-state index contributed by atoms with van der Waals surface area (Å²) < 4.78 is 10.7. The van der Waals surface area contributed by atoms with Crippen molar-refractivity contribution in [3.63, 3.8) is 0 Å². The molecular formula is C23H29N3O4. The predicted octanol–water partition coefficient (Wildman–Crippen LogP) is 3.46. The number of anilines is 2. The molecule has 0 aromatic heterocycles. The van der Waals surface area contributed by atoms with E-state index in [1.54, 1.807) is 31.4 Å². The SMILES string of the molecule is C=C(C)COc1ccccc1NCC(=O)Nc1cccc(C(=O)NCCCOC)c1. The van der Waals surface area contributed by atoms with Crippen LogP contribution >= 0.6 is 0 Å². The normalized spacial score (nSPS) is 10.2. The van der Waals surface area contributed by atoms with E-state index in [2.05, 4.69) is 22.5 Å². The maximum absolute atomic E-state index is 12.3. The summed E-state index contributed by atoms with van der Waals surface area (Å²) in [6.45, 7) is 7.29. The van der Waals surface area contributed by atoms with E-state index in [0.717, 1.165) is 17.7 Å². The Morgan fingerprint density at radius 3 is 2.67 bits per heavy atom. The van der Waals surface area contributed by atoms with Crippen LogP contribution in [0.4, 0.5) is 11.4 Å². The van der Waals surface area contributed by atoms with Crippen molar-refractivity contribution < 1.29 is 19.1 Å². The van der Waals surface area contributed by atoms with E-state index in [4.69, 9.17) is 9.47 Å². The lowest BCUT2D eigenvalue weighted by Gasteiger charge is -2.13. The van der Waals surface area contributed by atoms with Crippen LogP contribution in [0.15, 0.2) is 60.7 Å². The first-order valence-corrected chi connectivity index (χ1v) is 9.76. The van der Waals surface area contributed by atoms with Gasteiger partial charge in [0.25, 0.3) is 5.91 Å². The van der Waals surface area contributed by atoms with E-state index in [1.165, 1.54) is 0 Å². The molecule has 0 fully saturated rings. The molecule has 30 heavy (non-hydrogen) atoms. The van der Waals surface area contributed by atoms with E-state index < -0.39 is 0 Å². The third kappa shape index (κ3) is 7.97. The average molecular weight is 412 g/mol. The number of carbonyl (C=O) groups excluding carboxylic acids is 2. The van der Waals surface area contributed by atoms with Crippen molar-refractivity contribution in [2.75, 3.05) is 44.0 Å². The Morgan fingerprint density at radius 2 is 1.90 bits per heavy atom. The molecule has 0 saturated heterocycles.